The second-order valence-corrected chi connectivity index (χ2v) is 11.4. The third-order valence-electron chi connectivity index (χ3n) is 8.90. The Labute approximate surface area is 257 Å². The van der Waals surface area contributed by atoms with Crippen LogP contribution in [-0.2, 0) is 0 Å². The van der Waals surface area contributed by atoms with Crippen LogP contribution in [0.3, 0.4) is 0 Å². The second-order valence-electron chi connectivity index (χ2n) is 11.4. The van der Waals surface area contributed by atoms with Gasteiger partial charge in [0.2, 0.25) is 0 Å². The number of hydrogen-bond donors (Lipinski definition) is 0. The molecule has 0 bridgehead atoms. The Hall–Kier alpha value is -6.27. The van der Waals surface area contributed by atoms with Crippen LogP contribution in [0.5, 0.6) is 0 Å². The van der Waals surface area contributed by atoms with Crippen LogP contribution >= 0.6 is 0 Å². The van der Waals surface area contributed by atoms with Crippen LogP contribution < -0.4 is 0 Å². The van der Waals surface area contributed by atoms with Crippen LogP contribution in [-0.4, -0.2) is 28.7 Å². The summed E-state index contributed by atoms with van der Waals surface area (Å²) in [4.78, 5) is 10.5. The molecule has 210 valence electrons. The van der Waals surface area contributed by atoms with Gasteiger partial charge in [-0.15, -0.1) is 5.10 Å². The van der Waals surface area contributed by atoms with Crippen LogP contribution in [0, 0.1) is 0 Å². The highest BCUT2D eigenvalue weighted by atomic mass is 15.3. The zero-order chi connectivity index (χ0) is 29.5. The minimum absolute atomic E-state index is 0.646. The van der Waals surface area contributed by atoms with E-state index >= 15 is 0 Å². The van der Waals surface area contributed by atoms with Gasteiger partial charge in [-0.1, -0.05) is 97.1 Å². The molecule has 45 heavy (non-hydrogen) atoms. The predicted octanol–water partition coefficient (Wildman–Crippen LogP) is 9.14. The minimum Gasteiger partial charge on any atom is -0.309 e. The summed E-state index contributed by atoms with van der Waals surface area (Å²) in [6.07, 6.45) is 0. The summed E-state index contributed by atoms with van der Waals surface area (Å²) >= 11 is 0. The smallest absolute Gasteiger partial charge is 0.200 e. The fourth-order valence-electron chi connectivity index (χ4n) is 6.98. The van der Waals surface area contributed by atoms with Crippen molar-refractivity contribution in [2.45, 2.75) is 0 Å². The molecule has 0 saturated carbocycles. The van der Waals surface area contributed by atoms with E-state index in [1.54, 1.807) is 0 Å². The number of hydrogen-bond acceptors (Lipinski definition) is 3. The number of aromatic nitrogens is 6. The van der Waals surface area contributed by atoms with Gasteiger partial charge in [0.25, 0.3) is 0 Å². The molecule has 0 amide bonds. The fraction of sp³-hybridized carbons (Fsp3) is 0. The van der Waals surface area contributed by atoms with Crippen LogP contribution in [0.1, 0.15) is 0 Å². The van der Waals surface area contributed by atoms with E-state index in [0.717, 1.165) is 50.2 Å². The molecular weight excluding hydrogens is 552 g/mol. The first-order valence-electron chi connectivity index (χ1n) is 15.1. The molecule has 0 aliphatic carbocycles. The highest BCUT2D eigenvalue weighted by Gasteiger charge is 2.22. The van der Waals surface area contributed by atoms with E-state index in [9.17, 15) is 0 Å². The zero-order valence-electron chi connectivity index (χ0n) is 24.0. The van der Waals surface area contributed by atoms with E-state index in [1.807, 2.05) is 22.7 Å². The van der Waals surface area contributed by atoms with Gasteiger partial charge in [0.15, 0.2) is 17.3 Å². The molecule has 6 nitrogen and oxygen atoms in total. The average molecular weight is 577 g/mol. The zero-order valence-corrected chi connectivity index (χ0v) is 24.0. The summed E-state index contributed by atoms with van der Waals surface area (Å²) in [5.74, 6) is 1.40. The van der Waals surface area contributed by atoms with Crippen molar-refractivity contribution in [2.24, 2.45) is 0 Å². The van der Waals surface area contributed by atoms with Crippen molar-refractivity contribution in [3.63, 3.8) is 0 Å². The fourth-order valence-corrected chi connectivity index (χ4v) is 6.98. The maximum Gasteiger partial charge on any atom is 0.200 e. The first-order valence-corrected chi connectivity index (χ1v) is 15.1. The number of rotatable bonds is 3. The van der Waals surface area contributed by atoms with Crippen molar-refractivity contribution >= 4 is 60.3 Å². The SMILES string of the molecule is c1ccc(-n2c3ccccc3c3ccccc32)c(-c2nc3c(-n4c5ccccc5c5ccccc54)nc4ccccc4n3n2)c1. The first kappa shape index (κ1) is 24.2. The van der Waals surface area contributed by atoms with Gasteiger partial charge in [-0.25, -0.2) is 14.5 Å². The lowest BCUT2D eigenvalue weighted by molar-refractivity contribution is 0.977. The molecule has 10 aromatic rings. The van der Waals surface area contributed by atoms with Gasteiger partial charge in [0.1, 0.15) is 0 Å². The van der Waals surface area contributed by atoms with E-state index < -0.39 is 0 Å². The van der Waals surface area contributed by atoms with Crippen molar-refractivity contribution in [3.8, 4) is 22.9 Å². The Kier molecular flexibility index (Phi) is 4.90. The highest BCUT2D eigenvalue weighted by molar-refractivity contribution is 6.10. The van der Waals surface area contributed by atoms with Crippen molar-refractivity contribution in [2.75, 3.05) is 0 Å². The Balaban J connectivity index is 1.30. The molecule has 6 aromatic carbocycles. The van der Waals surface area contributed by atoms with Crippen molar-refractivity contribution < 1.29 is 0 Å². The van der Waals surface area contributed by atoms with Gasteiger partial charge in [0.05, 0.1) is 38.8 Å². The Bertz CT molecular complexity index is 2670. The molecule has 0 saturated heterocycles. The molecule has 0 aliphatic heterocycles. The van der Waals surface area contributed by atoms with E-state index in [-0.39, 0.29) is 0 Å². The van der Waals surface area contributed by atoms with Crippen molar-refractivity contribution in [1.29, 1.82) is 0 Å². The van der Waals surface area contributed by atoms with Crippen LogP contribution in [0.15, 0.2) is 146 Å². The molecule has 0 atom stereocenters. The standard InChI is InChI=1S/C39H24N6/c1-7-19-31-25(13-1)26-14-2-8-20-32(26)43(31)35-23-11-5-17-29(35)37-41-39-38(40-30-18-6-12-24-36(30)45(39)42-37)44-33-21-9-3-15-27(33)28-16-4-10-22-34(28)44/h1-24H. The van der Waals surface area contributed by atoms with Gasteiger partial charge < -0.3 is 4.57 Å². The van der Waals surface area contributed by atoms with Crippen LogP contribution in [0.4, 0.5) is 0 Å². The van der Waals surface area contributed by atoms with Crippen LogP contribution in [0.2, 0.25) is 0 Å². The molecular formula is C39H24N6. The third kappa shape index (κ3) is 3.36. The first-order chi connectivity index (χ1) is 22.3. The third-order valence-corrected chi connectivity index (χ3v) is 8.90. The molecule has 0 spiro atoms. The van der Waals surface area contributed by atoms with Gasteiger partial charge in [-0.05, 0) is 48.5 Å². The summed E-state index contributed by atoms with van der Waals surface area (Å²) in [6.45, 7) is 0. The molecule has 0 aliphatic rings. The number of benzene rings is 6. The average Bonchev–Trinajstić information content (AvgIpc) is 3.79. The maximum atomic E-state index is 5.29. The largest absolute Gasteiger partial charge is 0.309 e. The van der Waals surface area contributed by atoms with Crippen molar-refractivity contribution in [3.05, 3.63) is 146 Å². The highest BCUT2D eigenvalue weighted by Crippen LogP contribution is 2.37. The summed E-state index contributed by atoms with van der Waals surface area (Å²) in [5.41, 5.74) is 8.90. The molecule has 4 aromatic heterocycles. The molecule has 0 fully saturated rings. The molecule has 6 heteroatoms. The number of para-hydroxylation sites is 7. The Morgan fingerprint density at radius 3 is 1.47 bits per heavy atom. The molecule has 0 unspecified atom stereocenters. The van der Waals surface area contributed by atoms with Gasteiger partial charge in [-0.3, -0.25) is 4.57 Å². The molecule has 0 N–H and O–H groups in total. The topological polar surface area (TPSA) is 52.9 Å². The maximum absolute atomic E-state index is 5.29. The van der Waals surface area contributed by atoms with Crippen LogP contribution in [0.25, 0.3) is 83.2 Å². The second kappa shape index (κ2) is 9.11. The van der Waals surface area contributed by atoms with Gasteiger partial charge in [-0.2, -0.15) is 0 Å². The number of nitrogens with zero attached hydrogens (tertiary/aromatic N) is 6. The minimum atomic E-state index is 0.646. The summed E-state index contributed by atoms with van der Waals surface area (Å²) in [5, 5.41) is 10.0. The predicted molar refractivity (Wildman–Crippen MR) is 182 cm³/mol. The van der Waals surface area contributed by atoms with Gasteiger partial charge in [0, 0.05) is 27.1 Å². The number of fused-ring (bicyclic) bond motifs is 9. The summed E-state index contributed by atoms with van der Waals surface area (Å²) in [7, 11) is 0. The summed E-state index contributed by atoms with van der Waals surface area (Å²) < 4.78 is 6.51. The Morgan fingerprint density at radius 2 is 0.867 bits per heavy atom. The molecule has 0 radical (unpaired) electrons. The van der Waals surface area contributed by atoms with Crippen molar-refractivity contribution in [1.82, 2.24) is 28.7 Å². The van der Waals surface area contributed by atoms with E-state index in [0.29, 0.717) is 11.5 Å². The summed E-state index contributed by atoms with van der Waals surface area (Å²) in [6, 6.07) is 50.7. The Morgan fingerprint density at radius 1 is 0.400 bits per heavy atom. The lowest BCUT2D eigenvalue weighted by Crippen LogP contribution is -2.04. The normalized spacial score (nSPS) is 12.0. The van der Waals surface area contributed by atoms with Gasteiger partial charge >= 0.3 is 0 Å². The lowest BCUT2D eigenvalue weighted by Gasteiger charge is -2.11. The monoisotopic (exact) mass is 576 g/mol. The molecule has 10 rings (SSSR count). The van der Waals surface area contributed by atoms with E-state index in [2.05, 4.69) is 137 Å². The quantitative estimate of drug-likeness (QED) is 0.211. The lowest BCUT2D eigenvalue weighted by atomic mass is 10.1. The van der Waals surface area contributed by atoms with E-state index in [1.165, 1.54) is 21.5 Å². The van der Waals surface area contributed by atoms with E-state index in [4.69, 9.17) is 15.1 Å². The molecule has 4 heterocycles.